The summed E-state index contributed by atoms with van der Waals surface area (Å²) in [5, 5.41) is 0.495. The van der Waals surface area contributed by atoms with Crippen molar-refractivity contribution in [2.45, 2.75) is 53.1 Å². The minimum atomic E-state index is -0.225. The van der Waals surface area contributed by atoms with Crippen LogP contribution in [0.15, 0.2) is 88.3 Å². The summed E-state index contributed by atoms with van der Waals surface area (Å²) in [6.07, 6.45) is 4.03. The van der Waals surface area contributed by atoms with E-state index in [0.717, 1.165) is 36.0 Å². The molecule has 0 aliphatic rings. The number of hydrogen-bond donors (Lipinski definition) is 0. The lowest BCUT2D eigenvalue weighted by molar-refractivity contribution is -0.133. The highest BCUT2D eigenvalue weighted by molar-refractivity contribution is 5.96. The van der Waals surface area contributed by atoms with Gasteiger partial charge in [0.2, 0.25) is 5.91 Å². The quantitative estimate of drug-likeness (QED) is 0.236. The standard InChI is InChI=1S/C33H36N2O4/c1-4-6-18-34(33(38)27-15-13-25(5-2)14-16-27)22-31(36)35(20-26-10-8-7-9-11-26)21-28-23-39-30-17-12-24(3)19-29(30)32(28)37/h7-17,19,23H,4-6,18,20-22H2,1-3H3. The van der Waals surface area contributed by atoms with Crippen molar-refractivity contribution in [1.82, 2.24) is 9.80 Å². The van der Waals surface area contributed by atoms with Crippen LogP contribution in [0.5, 0.6) is 0 Å². The topological polar surface area (TPSA) is 70.8 Å². The Hall–Kier alpha value is -4.19. The van der Waals surface area contributed by atoms with Crippen LogP contribution in [0, 0.1) is 6.92 Å². The van der Waals surface area contributed by atoms with Crippen molar-refractivity contribution in [3.63, 3.8) is 0 Å². The largest absolute Gasteiger partial charge is 0.464 e. The molecule has 0 bridgehead atoms. The molecular weight excluding hydrogens is 488 g/mol. The van der Waals surface area contributed by atoms with E-state index in [9.17, 15) is 14.4 Å². The Morgan fingerprint density at radius 1 is 0.846 bits per heavy atom. The third kappa shape index (κ3) is 7.02. The lowest BCUT2D eigenvalue weighted by Crippen LogP contribution is -2.43. The van der Waals surface area contributed by atoms with Crippen LogP contribution >= 0.6 is 0 Å². The van der Waals surface area contributed by atoms with Gasteiger partial charge in [0.15, 0.2) is 5.43 Å². The van der Waals surface area contributed by atoms with Gasteiger partial charge in [-0.15, -0.1) is 0 Å². The minimum Gasteiger partial charge on any atom is -0.464 e. The Morgan fingerprint density at radius 3 is 2.28 bits per heavy atom. The molecule has 2 amide bonds. The van der Waals surface area contributed by atoms with E-state index in [1.54, 1.807) is 15.9 Å². The number of carbonyl (C=O) groups is 2. The van der Waals surface area contributed by atoms with Gasteiger partial charge < -0.3 is 14.2 Å². The van der Waals surface area contributed by atoms with E-state index in [4.69, 9.17) is 4.42 Å². The van der Waals surface area contributed by atoms with E-state index in [0.29, 0.717) is 35.2 Å². The first-order valence-electron chi connectivity index (χ1n) is 13.6. The normalized spacial score (nSPS) is 10.9. The molecule has 6 nitrogen and oxygen atoms in total. The fourth-order valence-corrected chi connectivity index (χ4v) is 4.57. The average Bonchev–Trinajstić information content (AvgIpc) is 2.96. The van der Waals surface area contributed by atoms with Crippen LogP contribution in [-0.4, -0.2) is 34.7 Å². The predicted octanol–water partition coefficient (Wildman–Crippen LogP) is 6.14. The number of hydrogen-bond acceptors (Lipinski definition) is 4. The molecule has 0 saturated heterocycles. The first-order valence-corrected chi connectivity index (χ1v) is 13.6. The van der Waals surface area contributed by atoms with Crippen LogP contribution in [0.3, 0.4) is 0 Å². The summed E-state index contributed by atoms with van der Waals surface area (Å²) < 4.78 is 5.76. The summed E-state index contributed by atoms with van der Waals surface area (Å²) in [5.74, 6) is -0.392. The molecule has 0 unspecified atom stereocenters. The Morgan fingerprint density at radius 2 is 1.59 bits per heavy atom. The molecule has 4 rings (SSSR count). The molecule has 0 spiro atoms. The highest BCUT2D eigenvalue weighted by atomic mass is 16.3. The van der Waals surface area contributed by atoms with Gasteiger partial charge in [0.25, 0.3) is 5.91 Å². The number of unbranched alkanes of at least 4 members (excludes halogenated alkanes) is 1. The van der Waals surface area contributed by atoms with Crippen molar-refractivity contribution in [2.24, 2.45) is 0 Å². The summed E-state index contributed by atoms with van der Waals surface area (Å²) in [5.41, 5.74) is 4.38. The maximum atomic E-state index is 13.8. The maximum absolute atomic E-state index is 13.8. The maximum Gasteiger partial charge on any atom is 0.254 e. The van der Waals surface area contributed by atoms with Crippen LogP contribution in [0.4, 0.5) is 0 Å². The zero-order valence-electron chi connectivity index (χ0n) is 23.0. The van der Waals surface area contributed by atoms with Crippen molar-refractivity contribution < 1.29 is 14.0 Å². The lowest BCUT2D eigenvalue weighted by atomic mass is 10.1. The molecule has 4 aromatic rings. The Bertz CT molecular complexity index is 1480. The number of fused-ring (bicyclic) bond motifs is 1. The number of carbonyl (C=O) groups excluding carboxylic acids is 2. The molecule has 0 radical (unpaired) electrons. The van der Waals surface area contributed by atoms with Gasteiger partial charge in [-0.3, -0.25) is 14.4 Å². The number of nitrogens with zero attached hydrogens (tertiary/aromatic N) is 2. The second-order valence-corrected chi connectivity index (χ2v) is 9.96. The number of rotatable bonds is 11. The summed E-state index contributed by atoms with van der Waals surface area (Å²) in [6, 6.07) is 22.7. The van der Waals surface area contributed by atoms with E-state index in [-0.39, 0.29) is 30.3 Å². The third-order valence-electron chi connectivity index (χ3n) is 6.93. The monoisotopic (exact) mass is 524 g/mol. The fraction of sp³-hybridized carbons (Fsp3) is 0.303. The van der Waals surface area contributed by atoms with Crippen LogP contribution in [0.2, 0.25) is 0 Å². The van der Waals surface area contributed by atoms with Crippen molar-refractivity contribution >= 4 is 22.8 Å². The van der Waals surface area contributed by atoms with Gasteiger partial charge in [0.1, 0.15) is 12.1 Å². The summed E-state index contributed by atoms with van der Waals surface area (Å²) in [7, 11) is 0. The zero-order chi connectivity index (χ0) is 27.8. The van der Waals surface area contributed by atoms with Crippen molar-refractivity contribution in [3.8, 4) is 0 Å². The third-order valence-corrected chi connectivity index (χ3v) is 6.93. The number of amides is 2. The molecular formula is C33H36N2O4. The Balaban J connectivity index is 1.62. The Labute approximate surface area is 229 Å². The molecule has 1 aromatic heterocycles. The van der Waals surface area contributed by atoms with Gasteiger partial charge >= 0.3 is 0 Å². The first kappa shape index (κ1) is 27.8. The molecule has 39 heavy (non-hydrogen) atoms. The molecule has 3 aromatic carbocycles. The number of aryl methyl sites for hydroxylation is 2. The van der Waals surface area contributed by atoms with Gasteiger partial charge in [0, 0.05) is 18.7 Å². The molecule has 0 fully saturated rings. The van der Waals surface area contributed by atoms with E-state index < -0.39 is 0 Å². The molecule has 0 N–H and O–H groups in total. The van der Waals surface area contributed by atoms with E-state index in [1.807, 2.05) is 73.7 Å². The smallest absolute Gasteiger partial charge is 0.254 e. The van der Waals surface area contributed by atoms with Crippen LogP contribution in [-0.2, 0) is 24.3 Å². The van der Waals surface area contributed by atoms with E-state index in [1.165, 1.54) is 6.26 Å². The second kappa shape index (κ2) is 13.1. The fourth-order valence-electron chi connectivity index (χ4n) is 4.57. The van der Waals surface area contributed by atoms with Crippen molar-refractivity contribution in [2.75, 3.05) is 13.1 Å². The second-order valence-electron chi connectivity index (χ2n) is 9.96. The van der Waals surface area contributed by atoms with Gasteiger partial charge in [0.05, 0.1) is 23.8 Å². The van der Waals surface area contributed by atoms with E-state index >= 15 is 0 Å². The lowest BCUT2D eigenvalue weighted by Gasteiger charge is -2.28. The molecule has 202 valence electrons. The first-order chi connectivity index (χ1) is 18.9. The van der Waals surface area contributed by atoms with Crippen LogP contribution in [0.25, 0.3) is 11.0 Å². The summed E-state index contributed by atoms with van der Waals surface area (Å²) in [4.78, 5) is 43.8. The van der Waals surface area contributed by atoms with Gasteiger partial charge in [-0.1, -0.05) is 74.4 Å². The average molecular weight is 525 g/mol. The Kier molecular flexibility index (Phi) is 9.31. The van der Waals surface area contributed by atoms with Crippen molar-refractivity contribution in [3.05, 3.63) is 117 Å². The van der Waals surface area contributed by atoms with Gasteiger partial charge in [-0.25, -0.2) is 0 Å². The van der Waals surface area contributed by atoms with Crippen LogP contribution in [0.1, 0.15) is 59.3 Å². The van der Waals surface area contributed by atoms with Gasteiger partial charge in [-0.05, 0) is 55.2 Å². The zero-order valence-corrected chi connectivity index (χ0v) is 23.0. The highest BCUT2D eigenvalue weighted by Crippen LogP contribution is 2.17. The number of benzene rings is 3. The summed E-state index contributed by atoms with van der Waals surface area (Å²) >= 11 is 0. The molecule has 0 atom stereocenters. The molecule has 0 aliphatic carbocycles. The summed E-state index contributed by atoms with van der Waals surface area (Å²) in [6.45, 7) is 6.86. The molecule has 6 heteroatoms. The van der Waals surface area contributed by atoms with Crippen LogP contribution < -0.4 is 5.43 Å². The van der Waals surface area contributed by atoms with Gasteiger partial charge in [-0.2, -0.15) is 0 Å². The molecule has 0 saturated carbocycles. The molecule has 0 aliphatic heterocycles. The molecule has 1 heterocycles. The minimum absolute atomic E-state index is 0.0702. The highest BCUT2D eigenvalue weighted by Gasteiger charge is 2.24. The van der Waals surface area contributed by atoms with E-state index in [2.05, 4.69) is 13.8 Å². The predicted molar refractivity (Wildman–Crippen MR) is 155 cm³/mol. The van der Waals surface area contributed by atoms with Crippen molar-refractivity contribution in [1.29, 1.82) is 0 Å². The SMILES string of the molecule is CCCCN(CC(=O)N(Cc1ccccc1)Cc1coc2ccc(C)cc2c1=O)C(=O)c1ccc(CC)cc1.